The molecule has 2 atom stereocenters. The Kier molecular flexibility index (Phi) is 4.10. The molecule has 0 heterocycles. The fraction of sp³-hybridized carbons (Fsp3) is 0.308. The summed E-state index contributed by atoms with van der Waals surface area (Å²) in [6, 6.07) is 0. The molecule has 1 fully saturated rings. The average molecular weight is 204 g/mol. The van der Waals surface area contributed by atoms with Gasteiger partial charge in [-0.15, -0.1) is 13.2 Å². The molecule has 1 saturated carbocycles. The predicted molar refractivity (Wildman–Crippen MR) is 61.2 cm³/mol. The summed E-state index contributed by atoms with van der Waals surface area (Å²) in [7, 11) is 1.38. The van der Waals surface area contributed by atoms with Crippen molar-refractivity contribution < 1.29 is 9.53 Å². The molecule has 0 aromatic rings. The topological polar surface area (TPSA) is 26.3 Å². The van der Waals surface area contributed by atoms with Crippen LogP contribution in [0.25, 0.3) is 0 Å². The Morgan fingerprint density at radius 3 is 2.87 bits per heavy atom. The van der Waals surface area contributed by atoms with Crippen molar-refractivity contribution in [3.05, 3.63) is 49.1 Å². The summed E-state index contributed by atoms with van der Waals surface area (Å²) in [6.07, 6.45) is 11.0. The van der Waals surface area contributed by atoms with Crippen LogP contribution in [0.5, 0.6) is 0 Å². The highest BCUT2D eigenvalue weighted by molar-refractivity contribution is 5.82. The van der Waals surface area contributed by atoms with Crippen molar-refractivity contribution in [3.8, 4) is 0 Å². The number of hydrogen-bond donors (Lipinski definition) is 0. The Morgan fingerprint density at radius 2 is 2.27 bits per heavy atom. The van der Waals surface area contributed by atoms with Gasteiger partial charge in [0.25, 0.3) is 0 Å². The molecule has 0 aromatic heterocycles. The zero-order chi connectivity index (χ0) is 11.3. The van der Waals surface area contributed by atoms with Crippen LogP contribution in [0.3, 0.4) is 0 Å². The van der Waals surface area contributed by atoms with E-state index < -0.39 is 0 Å². The number of methoxy groups -OCH3 is 1. The molecule has 15 heavy (non-hydrogen) atoms. The number of esters is 1. The maximum Gasteiger partial charge on any atom is 0.330 e. The third kappa shape index (κ3) is 3.24. The van der Waals surface area contributed by atoms with Gasteiger partial charge in [-0.2, -0.15) is 0 Å². The maximum absolute atomic E-state index is 10.8. The van der Waals surface area contributed by atoms with Gasteiger partial charge in [-0.1, -0.05) is 18.2 Å². The third-order valence-corrected chi connectivity index (χ3v) is 2.45. The number of carbonyl (C=O) groups is 1. The number of ether oxygens (including phenoxy) is 1. The van der Waals surface area contributed by atoms with Crippen molar-refractivity contribution in [1.82, 2.24) is 0 Å². The van der Waals surface area contributed by atoms with Gasteiger partial charge in [-0.3, -0.25) is 0 Å². The molecule has 2 unspecified atom stereocenters. The fourth-order valence-corrected chi connectivity index (χ4v) is 1.53. The molecule has 0 saturated heterocycles. The maximum atomic E-state index is 10.8. The van der Waals surface area contributed by atoms with Crippen molar-refractivity contribution in [2.75, 3.05) is 7.11 Å². The van der Waals surface area contributed by atoms with Crippen molar-refractivity contribution in [2.24, 2.45) is 11.8 Å². The largest absolute Gasteiger partial charge is 0.466 e. The molecule has 0 spiro atoms. The third-order valence-electron chi connectivity index (χ3n) is 2.45. The Hall–Kier alpha value is -1.57. The second kappa shape index (κ2) is 5.35. The summed E-state index contributed by atoms with van der Waals surface area (Å²) in [6.45, 7) is 6.00. The van der Waals surface area contributed by atoms with Gasteiger partial charge in [0, 0.05) is 6.08 Å². The first-order valence-corrected chi connectivity index (χ1v) is 4.95. The van der Waals surface area contributed by atoms with Crippen LogP contribution in [0.2, 0.25) is 0 Å². The van der Waals surface area contributed by atoms with E-state index >= 15 is 0 Å². The van der Waals surface area contributed by atoms with Crippen LogP contribution < -0.4 is 0 Å². The Balaban J connectivity index is 0.000000531. The SMILES string of the molecule is C=C.COC(=O)/C=C/C1=CC2CC2C=C1. The number of fused-ring (bicyclic) bond motifs is 1. The lowest BCUT2D eigenvalue weighted by Crippen LogP contribution is -1.94. The lowest BCUT2D eigenvalue weighted by Gasteiger charge is -1.99. The van der Waals surface area contributed by atoms with Crippen LogP contribution in [0.4, 0.5) is 0 Å². The lowest BCUT2D eigenvalue weighted by atomic mass is 10.1. The Labute approximate surface area is 90.6 Å². The Bertz CT molecular complexity index is 323. The molecule has 2 aliphatic rings. The quantitative estimate of drug-likeness (QED) is 0.392. The van der Waals surface area contributed by atoms with Gasteiger partial charge in [-0.05, 0) is 29.9 Å². The van der Waals surface area contributed by atoms with E-state index in [1.807, 2.05) is 0 Å². The monoisotopic (exact) mass is 204 g/mol. The highest BCUT2D eigenvalue weighted by atomic mass is 16.5. The van der Waals surface area contributed by atoms with Gasteiger partial charge < -0.3 is 4.74 Å². The van der Waals surface area contributed by atoms with Crippen LogP contribution in [0, 0.1) is 11.8 Å². The number of hydrogen-bond acceptors (Lipinski definition) is 2. The minimum absolute atomic E-state index is 0.299. The number of allylic oxidation sites excluding steroid dienone is 5. The van der Waals surface area contributed by atoms with E-state index in [-0.39, 0.29) is 5.97 Å². The van der Waals surface area contributed by atoms with Crippen LogP contribution in [-0.2, 0) is 9.53 Å². The molecular weight excluding hydrogens is 188 g/mol. The molecule has 0 radical (unpaired) electrons. The smallest absolute Gasteiger partial charge is 0.330 e. The summed E-state index contributed by atoms with van der Waals surface area (Å²) in [5.41, 5.74) is 1.11. The highest BCUT2D eigenvalue weighted by Gasteiger charge is 2.34. The lowest BCUT2D eigenvalue weighted by molar-refractivity contribution is -0.134. The van der Waals surface area contributed by atoms with Crippen LogP contribution in [-0.4, -0.2) is 13.1 Å². The number of rotatable bonds is 2. The first-order valence-electron chi connectivity index (χ1n) is 4.95. The Morgan fingerprint density at radius 1 is 1.53 bits per heavy atom. The van der Waals surface area contributed by atoms with Crippen LogP contribution in [0.15, 0.2) is 49.1 Å². The van der Waals surface area contributed by atoms with Crippen LogP contribution in [0.1, 0.15) is 6.42 Å². The average Bonchev–Trinajstić information content (AvgIpc) is 3.06. The standard InChI is InChI=1S/C11H12O2.C2H4/c1-13-11(12)5-3-8-2-4-9-7-10(9)6-8;1-2/h2-6,9-10H,7H2,1H3;1-2H2/b5-3+;. The van der Waals surface area contributed by atoms with E-state index in [1.54, 1.807) is 6.08 Å². The predicted octanol–water partition coefficient (Wildman–Crippen LogP) is 2.65. The minimum atomic E-state index is -0.299. The first-order chi connectivity index (χ1) is 7.29. The van der Waals surface area contributed by atoms with Gasteiger partial charge in [-0.25, -0.2) is 4.79 Å². The number of carbonyl (C=O) groups excluding carboxylic acids is 1. The molecule has 0 N–H and O–H groups in total. The molecule has 0 aromatic carbocycles. The van der Waals surface area contributed by atoms with Gasteiger partial charge in [0.2, 0.25) is 0 Å². The molecule has 2 heteroatoms. The van der Waals surface area contributed by atoms with E-state index in [9.17, 15) is 4.79 Å². The summed E-state index contributed by atoms with van der Waals surface area (Å²) in [5.74, 6) is 1.20. The van der Waals surface area contributed by atoms with E-state index in [0.717, 1.165) is 17.4 Å². The fourth-order valence-electron chi connectivity index (χ4n) is 1.53. The summed E-state index contributed by atoms with van der Waals surface area (Å²) >= 11 is 0. The zero-order valence-corrected chi connectivity index (χ0v) is 8.98. The van der Waals surface area contributed by atoms with E-state index in [2.05, 4.69) is 36.1 Å². The summed E-state index contributed by atoms with van der Waals surface area (Å²) in [4.78, 5) is 10.8. The molecule has 2 nitrogen and oxygen atoms in total. The van der Waals surface area contributed by atoms with Crippen LogP contribution >= 0.6 is 0 Å². The molecule has 0 aliphatic heterocycles. The summed E-state index contributed by atoms with van der Waals surface area (Å²) < 4.78 is 4.50. The molecule has 2 aliphatic carbocycles. The van der Waals surface area contributed by atoms with Gasteiger partial charge in [0.1, 0.15) is 0 Å². The van der Waals surface area contributed by atoms with Crippen molar-refractivity contribution >= 4 is 5.97 Å². The molecule has 0 bridgehead atoms. The van der Waals surface area contributed by atoms with E-state index in [4.69, 9.17) is 0 Å². The molecule has 2 rings (SSSR count). The second-order valence-electron chi connectivity index (χ2n) is 3.45. The molecular formula is C13H16O2. The molecule has 80 valence electrons. The second-order valence-corrected chi connectivity index (χ2v) is 3.45. The minimum Gasteiger partial charge on any atom is -0.466 e. The van der Waals surface area contributed by atoms with Gasteiger partial charge >= 0.3 is 5.97 Å². The van der Waals surface area contributed by atoms with E-state index in [0.29, 0.717) is 0 Å². The summed E-state index contributed by atoms with van der Waals surface area (Å²) in [5, 5.41) is 0. The van der Waals surface area contributed by atoms with Gasteiger partial charge in [0.05, 0.1) is 7.11 Å². The molecule has 0 amide bonds. The zero-order valence-electron chi connectivity index (χ0n) is 8.98. The van der Waals surface area contributed by atoms with Crippen molar-refractivity contribution in [3.63, 3.8) is 0 Å². The normalized spacial score (nSPS) is 26.1. The van der Waals surface area contributed by atoms with Gasteiger partial charge in [0.15, 0.2) is 0 Å². The van der Waals surface area contributed by atoms with Crippen molar-refractivity contribution in [2.45, 2.75) is 6.42 Å². The highest BCUT2D eigenvalue weighted by Crippen LogP contribution is 2.44. The van der Waals surface area contributed by atoms with Crippen molar-refractivity contribution in [1.29, 1.82) is 0 Å². The first kappa shape index (κ1) is 11.5. The van der Waals surface area contributed by atoms with E-state index in [1.165, 1.54) is 19.6 Å².